The van der Waals surface area contributed by atoms with Crippen molar-refractivity contribution in [1.82, 2.24) is 15.4 Å². The molecule has 0 radical (unpaired) electrons. The SMILES string of the molecule is CC(C)C(NS(=O)(=O)c1ccccc1F)C(=O)OCC(=O)NC(=O)NCc1ccco1. The predicted octanol–water partition coefficient (Wildman–Crippen LogP) is 1.29. The van der Waals surface area contributed by atoms with Gasteiger partial charge in [-0.15, -0.1) is 0 Å². The lowest BCUT2D eigenvalue weighted by atomic mass is 10.1. The number of benzene rings is 1. The van der Waals surface area contributed by atoms with E-state index < -0.39 is 57.2 Å². The summed E-state index contributed by atoms with van der Waals surface area (Å²) in [6, 6.07) is 5.72. The van der Waals surface area contributed by atoms with Gasteiger partial charge in [-0.25, -0.2) is 17.6 Å². The molecule has 2 rings (SSSR count). The molecule has 3 amide bonds. The molecule has 1 aromatic heterocycles. The number of ether oxygens (including phenoxy) is 1. The molecule has 0 aliphatic heterocycles. The normalized spacial score (nSPS) is 12.3. The number of amides is 3. The summed E-state index contributed by atoms with van der Waals surface area (Å²) in [5.41, 5.74) is 0. The van der Waals surface area contributed by atoms with Crippen LogP contribution in [-0.4, -0.2) is 39.0 Å². The van der Waals surface area contributed by atoms with Gasteiger partial charge in [0.15, 0.2) is 6.61 Å². The number of imide groups is 1. The first-order chi connectivity index (χ1) is 14.6. The van der Waals surface area contributed by atoms with E-state index in [1.165, 1.54) is 32.2 Å². The molecular formula is C19H22FN3O7S. The van der Waals surface area contributed by atoms with Crippen LogP contribution in [0.15, 0.2) is 52.0 Å². The van der Waals surface area contributed by atoms with Gasteiger partial charge in [0.1, 0.15) is 22.5 Å². The van der Waals surface area contributed by atoms with Gasteiger partial charge in [0, 0.05) is 0 Å². The van der Waals surface area contributed by atoms with Gasteiger partial charge in [-0.05, 0) is 30.2 Å². The van der Waals surface area contributed by atoms with Crippen LogP contribution >= 0.6 is 0 Å². The number of hydrogen-bond donors (Lipinski definition) is 3. The van der Waals surface area contributed by atoms with Crippen LogP contribution in [-0.2, 0) is 30.9 Å². The molecule has 1 heterocycles. The van der Waals surface area contributed by atoms with Crippen LogP contribution in [0.5, 0.6) is 0 Å². The second kappa shape index (κ2) is 10.7. The molecule has 12 heteroatoms. The summed E-state index contributed by atoms with van der Waals surface area (Å²) in [6.07, 6.45) is 1.42. The lowest BCUT2D eigenvalue weighted by Gasteiger charge is -2.20. The van der Waals surface area contributed by atoms with Crippen LogP contribution in [0.3, 0.4) is 0 Å². The van der Waals surface area contributed by atoms with Crippen LogP contribution in [0.2, 0.25) is 0 Å². The molecular weight excluding hydrogens is 433 g/mol. The zero-order valence-electron chi connectivity index (χ0n) is 16.8. The van der Waals surface area contributed by atoms with Crippen molar-refractivity contribution in [3.63, 3.8) is 0 Å². The zero-order chi connectivity index (χ0) is 23.0. The maximum atomic E-state index is 13.8. The van der Waals surface area contributed by atoms with Crippen molar-refractivity contribution in [3.8, 4) is 0 Å². The molecule has 0 aliphatic carbocycles. The highest BCUT2D eigenvalue weighted by Gasteiger charge is 2.31. The average molecular weight is 455 g/mol. The Morgan fingerprint density at radius 2 is 1.84 bits per heavy atom. The lowest BCUT2D eigenvalue weighted by Crippen LogP contribution is -2.47. The number of furan rings is 1. The predicted molar refractivity (Wildman–Crippen MR) is 105 cm³/mol. The summed E-state index contributed by atoms with van der Waals surface area (Å²) >= 11 is 0. The van der Waals surface area contributed by atoms with Crippen molar-refractivity contribution >= 4 is 27.9 Å². The maximum absolute atomic E-state index is 13.8. The second-order valence-corrected chi connectivity index (χ2v) is 8.37. The molecule has 0 saturated heterocycles. The Morgan fingerprint density at radius 1 is 1.13 bits per heavy atom. The Balaban J connectivity index is 1.89. The first-order valence-electron chi connectivity index (χ1n) is 9.13. The van der Waals surface area contributed by atoms with Crippen LogP contribution in [0.1, 0.15) is 19.6 Å². The Morgan fingerprint density at radius 3 is 2.45 bits per heavy atom. The molecule has 0 fully saturated rings. The molecule has 10 nitrogen and oxygen atoms in total. The fourth-order valence-electron chi connectivity index (χ4n) is 2.36. The fourth-order valence-corrected chi connectivity index (χ4v) is 3.78. The molecule has 1 aromatic carbocycles. The average Bonchev–Trinajstić information content (AvgIpc) is 3.22. The van der Waals surface area contributed by atoms with Crippen LogP contribution in [0, 0.1) is 11.7 Å². The highest BCUT2D eigenvalue weighted by atomic mass is 32.2. The van der Waals surface area contributed by atoms with E-state index in [0.717, 1.165) is 12.1 Å². The number of halogens is 1. The van der Waals surface area contributed by atoms with E-state index in [1.54, 1.807) is 12.1 Å². The van der Waals surface area contributed by atoms with Gasteiger partial charge >= 0.3 is 12.0 Å². The van der Waals surface area contributed by atoms with E-state index in [-0.39, 0.29) is 6.54 Å². The number of sulfonamides is 1. The Kier molecular flexibility index (Phi) is 8.28. The van der Waals surface area contributed by atoms with E-state index in [0.29, 0.717) is 5.76 Å². The van der Waals surface area contributed by atoms with Crippen molar-refractivity contribution in [2.45, 2.75) is 31.3 Å². The monoisotopic (exact) mass is 455 g/mol. The number of hydrogen-bond acceptors (Lipinski definition) is 7. The summed E-state index contributed by atoms with van der Waals surface area (Å²) < 4.78 is 50.6. The first-order valence-corrected chi connectivity index (χ1v) is 10.6. The maximum Gasteiger partial charge on any atom is 0.324 e. The smallest absolute Gasteiger partial charge is 0.324 e. The van der Waals surface area contributed by atoms with E-state index in [9.17, 15) is 27.2 Å². The van der Waals surface area contributed by atoms with Crippen molar-refractivity contribution in [3.05, 3.63) is 54.2 Å². The number of esters is 1. The topological polar surface area (TPSA) is 144 Å². The van der Waals surface area contributed by atoms with Crippen molar-refractivity contribution in [2.24, 2.45) is 5.92 Å². The van der Waals surface area contributed by atoms with E-state index in [2.05, 4.69) is 10.0 Å². The molecule has 3 N–H and O–H groups in total. The Labute approximate surface area is 178 Å². The molecule has 2 aromatic rings. The quantitative estimate of drug-likeness (QED) is 0.483. The summed E-state index contributed by atoms with van der Waals surface area (Å²) in [5.74, 6) is -3.07. The van der Waals surface area contributed by atoms with Crippen molar-refractivity contribution in [2.75, 3.05) is 6.61 Å². The first kappa shape index (κ1) is 24.0. The Hall–Kier alpha value is -3.25. The van der Waals surface area contributed by atoms with Crippen LogP contribution in [0.4, 0.5) is 9.18 Å². The molecule has 31 heavy (non-hydrogen) atoms. The van der Waals surface area contributed by atoms with E-state index in [1.807, 2.05) is 5.32 Å². The minimum atomic E-state index is -4.37. The van der Waals surface area contributed by atoms with Gasteiger partial charge in [0.2, 0.25) is 10.0 Å². The largest absolute Gasteiger partial charge is 0.467 e. The van der Waals surface area contributed by atoms with Crippen molar-refractivity contribution < 1.29 is 36.3 Å². The van der Waals surface area contributed by atoms with Gasteiger partial charge in [-0.3, -0.25) is 14.9 Å². The molecule has 0 aliphatic rings. The van der Waals surface area contributed by atoms with E-state index >= 15 is 0 Å². The van der Waals surface area contributed by atoms with Gasteiger partial charge in [-0.1, -0.05) is 26.0 Å². The minimum Gasteiger partial charge on any atom is -0.467 e. The number of carbonyl (C=O) groups is 3. The summed E-state index contributed by atoms with van der Waals surface area (Å²) in [5, 5.41) is 4.32. The van der Waals surface area contributed by atoms with Crippen LogP contribution < -0.4 is 15.4 Å². The van der Waals surface area contributed by atoms with Crippen LogP contribution in [0.25, 0.3) is 0 Å². The van der Waals surface area contributed by atoms with Gasteiger partial charge in [0.25, 0.3) is 5.91 Å². The third kappa shape index (κ3) is 7.19. The number of carbonyl (C=O) groups excluding carboxylic acids is 3. The number of nitrogens with one attached hydrogen (secondary N) is 3. The number of urea groups is 1. The van der Waals surface area contributed by atoms with Gasteiger partial charge in [-0.2, -0.15) is 4.72 Å². The summed E-state index contributed by atoms with van der Waals surface area (Å²) in [4.78, 5) is 35.2. The number of rotatable bonds is 9. The molecule has 168 valence electrons. The third-order valence-corrected chi connectivity index (χ3v) is 5.40. The Bertz CT molecular complexity index is 1020. The third-order valence-electron chi connectivity index (χ3n) is 3.93. The highest BCUT2D eigenvalue weighted by Crippen LogP contribution is 2.16. The summed E-state index contributed by atoms with van der Waals surface area (Å²) in [6.45, 7) is 2.30. The summed E-state index contributed by atoms with van der Waals surface area (Å²) in [7, 11) is -4.37. The van der Waals surface area contributed by atoms with E-state index in [4.69, 9.17) is 9.15 Å². The van der Waals surface area contributed by atoms with Gasteiger partial charge < -0.3 is 14.5 Å². The van der Waals surface area contributed by atoms with Crippen molar-refractivity contribution in [1.29, 1.82) is 0 Å². The standard InChI is InChI=1S/C19H22FN3O7S/c1-12(2)17(23-31(27,28)15-8-4-3-7-14(15)20)18(25)30-11-16(24)22-19(26)21-10-13-6-5-9-29-13/h3-9,12,17,23H,10-11H2,1-2H3,(H2,21,22,24,26). The second-order valence-electron chi connectivity index (χ2n) is 6.69. The molecule has 0 bridgehead atoms. The minimum absolute atomic E-state index is 0.0408. The van der Waals surface area contributed by atoms with Gasteiger partial charge in [0.05, 0.1) is 12.8 Å². The zero-order valence-corrected chi connectivity index (χ0v) is 17.6. The molecule has 1 atom stereocenters. The lowest BCUT2D eigenvalue weighted by molar-refractivity contribution is -0.150. The fraction of sp³-hybridized carbons (Fsp3) is 0.316. The molecule has 0 spiro atoms. The molecule has 1 unspecified atom stereocenters. The molecule has 0 saturated carbocycles. The highest BCUT2D eigenvalue weighted by molar-refractivity contribution is 7.89.